The lowest BCUT2D eigenvalue weighted by molar-refractivity contribution is 0.404. The number of nitrogens with one attached hydrogen (secondary N) is 1. The van der Waals surface area contributed by atoms with E-state index >= 15 is 0 Å². The second-order valence-corrected chi connectivity index (χ2v) is 4.40. The average molecular weight is 244 g/mol. The van der Waals surface area contributed by atoms with Crippen LogP contribution in [0.15, 0.2) is 23.0 Å². The number of aryl methyl sites for hydroxylation is 1. The predicted molar refractivity (Wildman–Crippen MR) is 65.6 cm³/mol. The van der Waals surface area contributed by atoms with Crippen molar-refractivity contribution in [2.24, 2.45) is 0 Å². The number of hydrogen-bond acceptors (Lipinski definition) is 4. The zero-order valence-electron chi connectivity index (χ0n) is 9.60. The second kappa shape index (κ2) is 3.87. The van der Waals surface area contributed by atoms with Crippen molar-refractivity contribution in [2.45, 2.75) is 19.3 Å². The Balaban J connectivity index is 2.15. The molecule has 1 aromatic carbocycles. The van der Waals surface area contributed by atoms with Crippen molar-refractivity contribution in [1.29, 1.82) is 0 Å². The van der Waals surface area contributed by atoms with Crippen molar-refractivity contribution in [3.63, 3.8) is 0 Å². The summed E-state index contributed by atoms with van der Waals surface area (Å²) in [6.45, 7) is 0. The van der Waals surface area contributed by atoms with Crippen LogP contribution >= 0.6 is 0 Å². The van der Waals surface area contributed by atoms with Gasteiger partial charge in [-0.2, -0.15) is 0 Å². The van der Waals surface area contributed by atoms with Crippen LogP contribution in [0.1, 0.15) is 17.7 Å². The first-order valence-corrected chi connectivity index (χ1v) is 5.79. The minimum Gasteiger partial charge on any atom is -0.504 e. The Morgan fingerprint density at radius 3 is 2.78 bits per heavy atom. The Hall–Kier alpha value is -2.30. The molecule has 0 aliphatic heterocycles. The maximum Gasteiger partial charge on any atom is 0.254 e. The summed E-state index contributed by atoms with van der Waals surface area (Å²) in [4.78, 5) is 19.0. The summed E-state index contributed by atoms with van der Waals surface area (Å²) in [5.74, 6) is 0.00820. The van der Waals surface area contributed by atoms with Crippen LogP contribution in [0.3, 0.4) is 0 Å². The predicted octanol–water partition coefficient (Wildman–Crippen LogP) is 1.34. The van der Waals surface area contributed by atoms with Gasteiger partial charge in [-0.3, -0.25) is 4.79 Å². The van der Waals surface area contributed by atoms with E-state index in [4.69, 9.17) is 0 Å². The fraction of sp³-hybridized carbons (Fsp3) is 0.231. The van der Waals surface area contributed by atoms with E-state index in [-0.39, 0.29) is 17.1 Å². The number of aromatic nitrogens is 2. The van der Waals surface area contributed by atoms with Crippen molar-refractivity contribution in [3.05, 3.63) is 39.8 Å². The Labute approximate surface area is 103 Å². The molecule has 92 valence electrons. The molecular formula is C13H12N2O3. The third kappa shape index (κ3) is 1.64. The number of rotatable bonds is 1. The number of nitrogens with zero attached hydrogens (tertiary/aromatic N) is 1. The third-order valence-electron chi connectivity index (χ3n) is 3.19. The largest absolute Gasteiger partial charge is 0.504 e. The highest BCUT2D eigenvalue weighted by atomic mass is 16.3. The third-order valence-corrected chi connectivity index (χ3v) is 3.19. The summed E-state index contributed by atoms with van der Waals surface area (Å²) in [5.41, 5.74) is 2.07. The summed E-state index contributed by atoms with van der Waals surface area (Å²) < 4.78 is 0. The van der Waals surface area contributed by atoms with Gasteiger partial charge in [0.05, 0.1) is 5.69 Å². The fourth-order valence-electron chi connectivity index (χ4n) is 2.25. The van der Waals surface area contributed by atoms with Gasteiger partial charge in [0.15, 0.2) is 11.5 Å². The normalized spacial score (nSPS) is 13.6. The minimum atomic E-state index is -0.226. The van der Waals surface area contributed by atoms with Crippen LogP contribution in [-0.4, -0.2) is 20.2 Å². The quantitative estimate of drug-likeness (QED) is 0.661. The van der Waals surface area contributed by atoms with Crippen LogP contribution in [0.5, 0.6) is 11.5 Å². The van der Waals surface area contributed by atoms with Gasteiger partial charge in [0.2, 0.25) is 0 Å². The Bertz CT molecular complexity index is 676. The maximum absolute atomic E-state index is 11.8. The lowest BCUT2D eigenvalue weighted by Gasteiger charge is -2.05. The molecule has 0 amide bonds. The number of aromatic amines is 1. The van der Waals surface area contributed by atoms with E-state index in [1.807, 2.05) is 0 Å². The molecule has 3 rings (SSSR count). The molecule has 3 N–H and O–H groups in total. The van der Waals surface area contributed by atoms with Crippen LogP contribution < -0.4 is 5.56 Å². The molecule has 1 aliphatic rings. The van der Waals surface area contributed by atoms with E-state index in [0.29, 0.717) is 11.4 Å². The zero-order valence-corrected chi connectivity index (χ0v) is 9.60. The number of fused-ring (bicyclic) bond motifs is 1. The minimum absolute atomic E-state index is 0.111. The van der Waals surface area contributed by atoms with Crippen LogP contribution in [0.25, 0.3) is 11.4 Å². The number of aromatic hydroxyl groups is 2. The van der Waals surface area contributed by atoms with E-state index < -0.39 is 0 Å². The lowest BCUT2D eigenvalue weighted by atomic mass is 10.1. The van der Waals surface area contributed by atoms with E-state index in [1.54, 1.807) is 6.07 Å². The molecule has 1 aromatic heterocycles. The van der Waals surface area contributed by atoms with Gasteiger partial charge in [-0.15, -0.1) is 0 Å². The van der Waals surface area contributed by atoms with E-state index in [2.05, 4.69) is 9.97 Å². The van der Waals surface area contributed by atoms with E-state index in [0.717, 1.165) is 30.5 Å². The van der Waals surface area contributed by atoms with Gasteiger partial charge in [-0.05, 0) is 37.5 Å². The van der Waals surface area contributed by atoms with Crippen molar-refractivity contribution < 1.29 is 10.2 Å². The highest BCUT2D eigenvalue weighted by Gasteiger charge is 2.17. The molecule has 1 aliphatic carbocycles. The number of H-pyrrole nitrogens is 1. The van der Waals surface area contributed by atoms with Gasteiger partial charge in [0.25, 0.3) is 5.56 Å². The summed E-state index contributed by atoms with van der Waals surface area (Å²) in [5, 5.41) is 18.7. The molecule has 0 spiro atoms. The zero-order chi connectivity index (χ0) is 12.7. The lowest BCUT2D eigenvalue weighted by Crippen LogP contribution is -2.15. The van der Waals surface area contributed by atoms with Crippen molar-refractivity contribution >= 4 is 0 Å². The van der Waals surface area contributed by atoms with Gasteiger partial charge in [-0.25, -0.2) is 4.98 Å². The number of phenolic OH excluding ortho intramolecular Hbond substituents is 2. The SMILES string of the molecule is O=c1[nH]c(-c2ccc(O)c(O)c2)nc2c1CCC2. The summed E-state index contributed by atoms with van der Waals surface area (Å²) in [7, 11) is 0. The number of hydrogen-bond donors (Lipinski definition) is 3. The molecule has 2 aromatic rings. The number of benzene rings is 1. The first kappa shape index (κ1) is 10.8. The smallest absolute Gasteiger partial charge is 0.254 e. The first-order chi connectivity index (χ1) is 8.65. The topological polar surface area (TPSA) is 86.2 Å². The van der Waals surface area contributed by atoms with E-state index in [1.165, 1.54) is 12.1 Å². The highest BCUT2D eigenvalue weighted by Crippen LogP contribution is 2.29. The van der Waals surface area contributed by atoms with Crippen LogP contribution in [0, 0.1) is 0 Å². The van der Waals surface area contributed by atoms with Gasteiger partial charge >= 0.3 is 0 Å². The Morgan fingerprint density at radius 2 is 2.00 bits per heavy atom. The molecule has 0 unspecified atom stereocenters. The van der Waals surface area contributed by atoms with E-state index in [9.17, 15) is 15.0 Å². The van der Waals surface area contributed by atoms with Crippen LogP contribution in [0.2, 0.25) is 0 Å². The molecule has 0 saturated carbocycles. The molecule has 5 nitrogen and oxygen atoms in total. The van der Waals surface area contributed by atoms with Crippen molar-refractivity contribution in [3.8, 4) is 22.9 Å². The Morgan fingerprint density at radius 1 is 1.17 bits per heavy atom. The summed E-state index contributed by atoms with van der Waals surface area (Å²) in [6, 6.07) is 4.36. The average Bonchev–Trinajstić information content (AvgIpc) is 2.81. The molecule has 0 radical (unpaired) electrons. The number of phenols is 2. The molecule has 1 heterocycles. The fourth-order valence-corrected chi connectivity index (χ4v) is 2.25. The van der Waals surface area contributed by atoms with Gasteiger partial charge in [0.1, 0.15) is 5.82 Å². The van der Waals surface area contributed by atoms with Gasteiger partial charge in [-0.1, -0.05) is 0 Å². The molecule has 0 fully saturated rings. The summed E-state index contributed by atoms with van der Waals surface area (Å²) >= 11 is 0. The highest BCUT2D eigenvalue weighted by molar-refractivity contribution is 5.60. The van der Waals surface area contributed by atoms with Crippen LogP contribution in [0.4, 0.5) is 0 Å². The standard InChI is InChI=1S/C13H12N2O3/c16-10-5-4-7(6-11(10)17)12-14-9-3-1-2-8(9)13(18)15-12/h4-6,16-17H,1-3H2,(H,14,15,18). The maximum atomic E-state index is 11.8. The van der Waals surface area contributed by atoms with Crippen molar-refractivity contribution in [1.82, 2.24) is 9.97 Å². The van der Waals surface area contributed by atoms with Gasteiger partial charge < -0.3 is 15.2 Å². The molecular weight excluding hydrogens is 232 g/mol. The van der Waals surface area contributed by atoms with Crippen molar-refractivity contribution in [2.75, 3.05) is 0 Å². The van der Waals surface area contributed by atoms with Gasteiger partial charge in [0, 0.05) is 11.1 Å². The molecule has 0 saturated heterocycles. The molecule has 0 bridgehead atoms. The Kier molecular flexibility index (Phi) is 2.33. The summed E-state index contributed by atoms with van der Waals surface area (Å²) in [6.07, 6.45) is 2.55. The first-order valence-electron chi connectivity index (χ1n) is 5.79. The second-order valence-electron chi connectivity index (χ2n) is 4.40. The molecule has 18 heavy (non-hydrogen) atoms. The van der Waals surface area contributed by atoms with Crippen LogP contribution in [-0.2, 0) is 12.8 Å². The monoisotopic (exact) mass is 244 g/mol. The molecule has 5 heteroatoms. The molecule has 0 atom stereocenters.